The summed E-state index contributed by atoms with van der Waals surface area (Å²) in [6.07, 6.45) is 4.43. The van der Waals surface area contributed by atoms with Crippen LogP contribution in [0.5, 0.6) is 0 Å². The van der Waals surface area contributed by atoms with Crippen molar-refractivity contribution in [2.45, 2.75) is 36.5 Å². The predicted molar refractivity (Wildman–Crippen MR) is 52.8 cm³/mol. The van der Waals surface area contributed by atoms with Gasteiger partial charge in [0.15, 0.2) is 0 Å². The molecular weight excluding hydrogens is 186 g/mol. The second-order valence-corrected chi connectivity index (χ2v) is 5.50. The molecule has 2 fully saturated rings. The zero-order chi connectivity index (χ0) is 9.47. The summed E-state index contributed by atoms with van der Waals surface area (Å²) in [5.74, 6) is -0.184. The topological polar surface area (TPSA) is 63.3 Å². The van der Waals surface area contributed by atoms with Crippen molar-refractivity contribution in [3.63, 3.8) is 0 Å². The first-order valence-corrected chi connectivity index (χ1v) is 5.77. The molecule has 1 saturated heterocycles. The number of rotatable bonds is 1. The van der Waals surface area contributed by atoms with E-state index in [1.807, 2.05) is 0 Å². The fourth-order valence-electron chi connectivity index (χ4n) is 2.68. The van der Waals surface area contributed by atoms with Gasteiger partial charge >= 0.3 is 5.97 Å². The monoisotopic (exact) mass is 201 g/mol. The van der Waals surface area contributed by atoms with Crippen LogP contribution in [-0.2, 0) is 4.79 Å². The summed E-state index contributed by atoms with van der Waals surface area (Å²) in [5.41, 5.74) is 5.83. The van der Waals surface area contributed by atoms with E-state index in [1.165, 1.54) is 12.8 Å². The first-order chi connectivity index (χ1) is 6.16. The van der Waals surface area contributed by atoms with Gasteiger partial charge in [-0.05, 0) is 12.8 Å². The van der Waals surface area contributed by atoms with Crippen molar-refractivity contribution in [3.05, 3.63) is 0 Å². The quantitative estimate of drug-likeness (QED) is 0.666. The maximum atomic E-state index is 11.1. The molecule has 2 unspecified atom stereocenters. The van der Waals surface area contributed by atoms with Crippen molar-refractivity contribution < 1.29 is 9.90 Å². The van der Waals surface area contributed by atoms with Crippen LogP contribution in [0.4, 0.5) is 0 Å². The van der Waals surface area contributed by atoms with Gasteiger partial charge in [0.05, 0.1) is 5.92 Å². The minimum Gasteiger partial charge on any atom is -0.481 e. The largest absolute Gasteiger partial charge is 0.481 e. The van der Waals surface area contributed by atoms with Crippen LogP contribution in [0.2, 0.25) is 0 Å². The summed E-state index contributed by atoms with van der Waals surface area (Å²) in [6, 6.07) is -0.138. The third-order valence-electron chi connectivity index (χ3n) is 3.27. The van der Waals surface area contributed by atoms with Crippen LogP contribution in [0, 0.1) is 5.92 Å². The lowest BCUT2D eigenvalue weighted by Crippen LogP contribution is -2.43. The van der Waals surface area contributed by atoms with Crippen LogP contribution < -0.4 is 5.73 Å². The molecule has 0 aromatic heterocycles. The summed E-state index contributed by atoms with van der Waals surface area (Å²) < 4.78 is -0.00868. The minimum absolute atomic E-state index is 0.00868. The average molecular weight is 201 g/mol. The Hall–Kier alpha value is -0.220. The molecule has 1 heterocycles. The summed E-state index contributed by atoms with van der Waals surface area (Å²) in [7, 11) is 0. The van der Waals surface area contributed by atoms with Crippen molar-refractivity contribution in [1.29, 1.82) is 0 Å². The molecule has 0 aromatic rings. The van der Waals surface area contributed by atoms with E-state index in [2.05, 4.69) is 0 Å². The van der Waals surface area contributed by atoms with Crippen molar-refractivity contribution in [1.82, 2.24) is 0 Å². The summed E-state index contributed by atoms with van der Waals surface area (Å²) >= 11 is 1.79. The Morgan fingerprint density at radius 2 is 2.08 bits per heavy atom. The van der Waals surface area contributed by atoms with Crippen LogP contribution >= 0.6 is 11.8 Å². The van der Waals surface area contributed by atoms with E-state index in [9.17, 15) is 4.79 Å². The third kappa shape index (κ3) is 1.36. The standard InChI is InChI=1S/C9H15NO2S/c10-6-5-13-9(3-1-2-4-9)7(6)8(11)12/h6-7H,1-5,10H2,(H,11,12). The number of carboxylic acids is 1. The molecule has 0 bridgehead atoms. The lowest BCUT2D eigenvalue weighted by atomic mass is 9.85. The van der Waals surface area contributed by atoms with Gasteiger partial charge in [-0.15, -0.1) is 0 Å². The third-order valence-corrected chi connectivity index (χ3v) is 5.06. The van der Waals surface area contributed by atoms with Crippen molar-refractivity contribution in [2.24, 2.45) is 11.7 Å². The highest BCUT2D eigenvalue weighted by atomic mass is 32.2. The molecule has 1 spiro atoms. The van der Waals surface area contributed by atoms with E-state index in [0.29, 0.717) is 0 Å². The van der Waals surface area contributed by atoms with Crippen LogP contribution in [0.3, 0.4) is 0 Å². The Morgan fingerprint density at radius 1 is 1.46 bits per heavy atom. The van der Waals surface area contributed by atoms with Gasteiger partial charge in [-0.1, -0.05) is 12.8 Å². The summed E-state index contributed by atoms with van der Waals surface area (Å²) in [5, 5.41) is 9.12. The molecule has 1 aliphatic heterocycles. The molecule has 0 radical (unpaired) electrons. The number of hydrogen-bond acceptors (Lipinski definition) is 3. The van der Waals surface area contributed by atoms with E-state index >= 15 is 0 Å². The van der Waals surface area contributed by atoms with Crippen LogP contribution in [-0.4, -0.2) is 27.6 Å². The SMILES string of the molecule is NC1CSC2(CCCC2)C1C(=O)O. The van der Waals surface area contributed by atoms with Gasteiger partial charge in [-0.2, -0.15) is 11.8 Å². The molecule has 0 aromatic carbocycles. The lowest BCUT2D eigenvalue weighted by molar-refractivity contribution is -0.143. The van der Waals surface area contributed by atoms with Crippen molar-refractivity contribution >= 4 is 17.7 Å². The number of carboxylic acid groups (broad SMARTS) is 1. The van der Waals surface area contributed by atoms with Gasteiger partial charge in [0.2, 0.25) is 0 Å². The second kappa shape index (κ2) is 3.17. The highest BCUT2D eigenvalue weighted by molar-refractivity contribution is 8.01. The number of hydrogen-bond donors (Lipinski definition) is 2. The molecule has 3 N–H and O–H groups in total. The van der Waals surface area contributed by atoms with E-state index < -0.39 is 5.97 Å². The Balaban J connectivity index is 2.23. The molecule has 2 rings (SSSR count). The first kappa shape index (κ1) is 9.34. The van der Waals surface area contributed by atoms with Crippen LogP contribution in [0.25, 0.3) is 0 Å². The highest BCUT2D eigenvalue weighted by Crippen LogP contribution is 2.52. The maximum Gasteiger partial charge on any atom is 0.309 e. The number of thioether (sulfide) groups is 1. The first-order valence-electron chi connectivity index (χ1n) is 4.78. The van der Waals surface area contributed by atoms with Gasteiger partial charge in [0, 0.05) is 16.5 Å². The van der Waals surface area contributed by atoms with Crippen LogP contribution in [0.15, 0.2) is 0 Å². The summed E-state index contributed by atoms with van der Waals surface area (Å²) in [6.45, 7) is 0. The van der Waals surface area contributed by atoms with Crippen molar-refractivity contribution in [2.75, 3.05) is 5.75 Å². The summed E-state index contributed by atoms with van der Waals surface area (Å²) in [4.78, 5) is 11.1. The van der Waals surface area contributed by atoms with Gasteiger partial charge in [0.1, 0.15) is 0 Å². The van der Waals surface area contributed by atoms with E-state index in [4.69, 9.17) is 10.8 Å². The molecule has 2 atom stereocenters. The molecule has 2 aliphatic rings. The van der Waals surface area contributed by atoms with Gasteiger partial charge in [0.25, 0.3) is 0 Å². The van der Waals surface area contributed by atoms with Gasteiger partial charge in [-0.25, -0.2) is 0 Å². The number of carbonyl (C=O) groups is 1. The fraction of sp³-hybridized carbons (Fsp3) is 0.889. The predicted octanol–water partition coefficient (Wildman–Crippen LogP) is 1.07. The van der Waals surface area contributed by atoms with E-state index in [1.54, 1.807) is 11.8 Å². The normalized spacial score (nSPS) is 37.0. The Morgan fingerprint density at radius 3 is 2.62 bits per heavy atom. The second-order valence-electron chi connectivity index (χ2n) is 4.06. The molecule has 4 heteroatoms. The van der Waals surface area contributed by atoms with E-state index in [0.717, 1.165) is 18.6 Å². The van der Waals surface area contributed by atoms with Crippen LogP contribution in [0.1, 0.15) is 25.7 Å². The lowest BCUT2D eigenvalue weighted by Gasteiger charge is -2.28. The molecule has 13 heavy (non-hydrogen) atoms. The van der Waals surface area contributed by atoms with Crippen molar-refractivity contribution in [3.8, 4) is 0 Å². The number of nitrogens with two attached hydrogens (primary N) is 1. The molecule has 0 amide bonds. The van der Waals surface area contributed by atoms with Gasteiger partial charge in [-0.3, -0.25) is 4.79 Å². The molecule has 3 nitrogen and oxygen atoms in total. The highest BCUT2D eigenvalue weighted by Gasteiger charge is 2.52. The Bertz CT molecular complexity index is 226. The Labute approximate surface area is 82.1 Å². The van der Waals surface area contributed by atoms with Gasteiger partial charge < -0.3 is 10.8 Å². The molecular formula is C9H15NO2S. The molecule has 1 aliphatic carbocycles. The number of aliphatic carboxylic acids is 1. The van der Waals surface area contributed by atoms with E-state index in [-0.39, 0.29) is 16.7 Å². The fourth-order valence-corrected chi connectivity index (χ4v) is 4.42. The Kier molecular flexibility index (Phi) is 2.28. The average Bonchev–Trinajstić information content (AvgIpc) is 2.61. The molecule has 1 saturated carbocycles. The maximum absolute atomic E-state index is 11.1. The minimum atomic E-state index is -0.695. The zero-order valence-corrected chi connectivity index (χ0v) is 8.35. The molecule has 74 valence electrons. The zero-order valence-electron chi connectivity index (χ0n) is 7.53. The smallest absolute Gasteiger partial charge is 0.309 e.